The third-order valence-corrected chi connectivity index (χ3v) is 5.21. The number of alkyl halides is 1. The standard InChI is InChI=1S/C9H14ClNO4S/c10-6-4-16(13,14)5-7(6)11-9(12)8-2-1-3-15-8/h6-8H,1-5H2,(H,11,12). The van der Waals surface area contributed by atoms with E-state index in [0.29, 0.717) is 13.0 Å². The number of hydrogen-bond donors (Lipinski definition) is 1. The zero-order valence-electron chi connectivity index (χ0n) is 8.69. The first-order valence-electron chi connectivity index (χ1n) is 5.24. The number of rotatable bonds is 2. The highest BCUT2D eigenvalue weighted by Gasteiger charge is 2.38. The van der Waals surface area contributed by atoms with E-state index in [1.807, 2.05) is 0 Å². The van der Waals surface area contributed by atoms with Gasteiger partial charge in [0.15, 0.2) is 9.84 Å². The molecule has 2 aliphatic rings. The van der Waals surface area contributed by atoms with Gasteiger partial charge in [-0.05, 0) is 12.8 Å². The van der Waals surface area contributed by atoms with Crippen molar-refractivity contribution in [3.8, 4) is 0 Å². The fraction of sp³-hybridized carbons (Fsp3) is 0.889. The molecule has 2 aliphatic heterocycles. The van der Waals surface area contributed by atoms with Crippen LogP contribution in [0.5, 0.6) is 0 Å². The monoisotopic (exact) mass is 267 g/mol. The molecule has 1 N–H and O–H groups in total. The molecule has 2 saturated heterocycles. The maximum atomic E-state index is 11.7. The second-order valence-corrected chi connectivity index (χ2v) is 6.92. The van der Waals surface area contributed by atoms with E-state index in [0.717, 1.165) is 6.42 Å². The fourth-order valence-electron chi connectivity index (χ4n) is 2.00. The molecule has 0 spiro atoms. The van der Waals surface area contributed by atoms with Crippen molar-refractivity contribution >= 4 is 27.3 Å². The Morgan fingerprint density at radius 3 is 2.62 bits per heavy atom. The molecule has 0 aromatic carbocycles. The summed E-state index contributed by atoms with van der Waals surface area (Å²) in [7, 11) is -3.10. The Hall–Kier alpha value is -0.330. The summed E-state index contributed by atoms with van der Waals surface area (Å²) >= 11 is 5.88. The van der Waals surface area contributed by atoms with E-state index in [-0.39, 0.29) is 17.4 Å². The SMILES string of the molecule is O=C(NC1CS(=O)(=O)CC1Cl)C1CCCO1. The Balaban J connectivity index is 1.92. The van der Waals surface area contributed by atoms with Gasteiger partial charge in [-0.2, -0.15) is 0 Å². The van der Waals surface area contributed by atoms with Crippen molar-refractivity contribution in [1.82, 2.24) is 5.32 Å². The largest absolute Gasteiger partial charge is 0.368 e. The number of ether oxygens (including phenoxy) is 1. The first kappa shape index (κ1) is 12.1. The molecule has 7 heteroatoms. The van der Waals surface area contributed by atoms with Gasteiger partial charge in [-0.1, -0.05) is 0 Å². The normalized spacial score (nSPS) is 37.4. The average Bonchev–Trinajstić information content (AvgIpc) is 2.74. The second-order valence-electron chi connectivity index (χ2n) is 4.21. The van der Waals surface area contributed by atoms with Crippen LogP contribution in [0, 0.1) is 0 Å². The van der Waals surface area contributed by atoms with Crippen LogP contribution in [0.4, 0.5) is 0 Å². The van der Waals surface area contributed by atoms with Gasteiger partial charge < -0.3 is 10.1 Å². The first-order chi connectivity index (χ1) is 7.48. The van der Waals surface area contributed by atoms with E-state index in [9.17, 15) is 13.2 Å². The van der Waals surface area contributed by atoms with Crippen molar-refractivity contribution in [1.29, 1.82) is 0 Å². The summed E-state index contributed by atoms with van der Waals surface area (Å²) in [6.07, 6.45) is 1.12. The van der Waals surface area contributed by atoms with E-state index in [4.69, 9.17) is 16.3 Å². The van der Waals surface area contributed by atoms with Crippen LogP contribution >= 0.6 is 11.6 Å². The summed E-state index contributed by atoms with van der Waals surface area (Å²) in [5.74, 6) is -0.379. The van der Waals surface area contributed by atoms with Gasteiger partial charge in [0, 0.05) is 6.61 Å². The number of nitrogens with one attached hydrogen (secondary N) is 1. The second kappa shape index (κ2) is 4.50. The number of carbonyl (C=O) groups excluding carboxylic acids is 1. The van der Waals surface area contributed by atoms with Crippen molar-refractivity contribution in [2.75, 3.05) is 18.1 Å². The Bertz CT molecular complexity index is 377. The van der Waals surface area contributed by atoms with E-state index < -0.39 is 27.4 Å². The summed E-state index contributed by atoms with van der Waals surface area (Å²) in [6, 6.07) is -0.483. The predicted octanol–water partition coefficient (Wildman–Crippen LogP) is -0.314. The number of halogens is 1. The molecule has 1 amide bonds. The lowest BCUT2D eigenvalue weighted by Crippen LogP contribution is -2.45. The fourth-order valence-corrected chi connectivity index (χ4v) is 4.55. The van der Waals surface area contributed by atoms with Gasteiger partial charge in [0.2, 0.25) is 5.91 Å². The number of amides is 1. The molecule has 3 unspecified atom stereocenters. The minimum atomic E-state index is -3.10. The molecule has 0 bridgehead atoms. The lowest BCUT2D eigenvalue weighted by Gasteiger charge is -2.17. The van der Waals surface area contributed by atoms with Crippen LogP contribution in [0.2, 0.25) is 0 Å². The van der Waals surface area contributed by atoms with Crippen LogP contribution in [0.25, 0.3) is 0 Å². The first-order valence-corrected chi connectivity index (χ1v) is 7.50. The molecular weight excluding hydrogens is 254 g/mol. The van der Waals surface area contributed by atoms with Gasteiger partial charge in [0.1, 0.15) is 6.10 Å². The topological polar surface area (TPSA) is 72.5 Å². The van der Waals surface area contributed by atoms with Gasteiger partial charge in [-0.25, -0.2) is 8.42 Å². The lowest BCUT2D eigenvalue weighted by molar-refractivity contribution is -0.130. The van der Waals surface area contributed by atoms with Crippen molar-refractivity contribution < 1.29 is 17.9 Å². The Morgan fingerprint density at radius 2 is 2.12 bits per heavy atom. The molecule has 2 heterocycles. The summed E-state index contributed by atoms with van der Waals surface area (Å²) in [6.45, 7) is 0.589. The molecule has 2 fully saturated rings. The highest BCUT2D eigenvalue weighted by Crippen LogP contribution is 2.19. The van der Waals surface area contributed by atoms with E-state index in [2.05, 4.69) is 5.32 Å². The summed E-state index contributed by atoms with van der Waals surface area (Å²) in [5.41, 5.74) is 0. The maximum absolute atomic E-state index is 11.7. The summed E-state index contributed by atoms with van der Waals surface area (Å²) in [5, 5.41) is 2.12. The van der Waals surface area contributed by atoms with Crippen LogP contribution in [-0.2, 0) is 19.4 Å². The van der Waals surface area contributed by atoms with E-state index >= 15 is 0 Å². The highest BCUT2D eigenvalue weighted by atomic mass is 35.5. The van der Waals surface area contributed by atoms with Crippen LogP contribution in [0.3, 0.4) is 0 Å². The third-order valence-electron chi connectivity index (χ3n) is 2.83. The molecular formula is C9H14ClNO4S. The van der Waals surface area contributed by atoms with Gasteiger partial charge >= 0.3 is 0 Å². The molecule has 0 aromatic rings. The van der Waals surface area contributed by atoms with Crippen molar-refractivity contribution in [2.45, 2.75) is 30.4 Å². The Labute approximate surface area is 99.4 Å². The molecule has 2 rings (SSSR count). The van der Waals surface area contributed by atoms with Gasteiger partial charge in [-0.15, -0.1) is 11.6 Å². The van der Waals surface area contributed by atoms with Crippen LogP contribution < -0.4 is 5.32 Å². The minimum absolute atomic E-state index is 0.0645. The Morgan fingerprint density at radius 1 is 1.38 bits per heavy atom. The summed E-state index contributed by atoms with van der Waals surface area (Å²) < 4.78 is 27.8. The zero-order chi connectivity index (χ0) is 11.8. The molecule has 16 heavy (non-hydrogen) atoms. The molecule has 5 nitrogen and oxygen atoms in total. The van der Waals surface area contributed by atoms with Crippen LogP contribution in [-0.4, -0.2) is 50.0 Å². The smallest absolute Gasteiger partial charge is 0.249 e. The molecule has 0 radical (unpaired) electrons. The molecule has 0 aliphatic carbocycles. The van der Waals surface area contributed by atoms with Gasteiger partial charge in [0.25, 0.3) is 0 Å². The zero-order valence-corrected chi connectivity index (χ0v) is 10.3. The number of sulfone groups is 1. The van der Waals surface area contributed by atoms with Crippen molar-refractivity contribution in [3.05, 3.63) is 0 Å². The van der Waals surface area contributed by atoms with Gasteiger partial charge in [0.05, 0.1) is 22.9 Å². The average molecular weight is 268 g/mol. The lowest BCUT2D eigenvalue weighted by atomic mass is 10.2. The van der Waals surface area contributed by atoms with E-state index in [1.165, 1.54) is 0 Å². The van der Waals surface area contributed by atoms with Crippen molar-refractivity contribution in [2.24, 2.45) is 0 Å². The van der Waals surface area contributed by atoms with Crippen molar-refractivity contribution in [3.63, 3.8) is 0 Å². The number of hydrogen-bond acceptors (Lipinski definition) is 4. The quantitative estimate of drug-likeness (QED) is 0.697. The maximum Gasteiger partial charge on any atom is 0.249 e. The molecule has 0 aromatic heterocycles. The highest BCUT2D eigenvalue weighted by molar-refractivity contribution is 7.91. The van der Waals surface area contributed by atoms with E-state index in [1.54, 1.807) is 0 Å². The molecule has 92 valence electrons. The number of carbonyl (C=O) groups is 1. The minimum Gasteiger partial charge on any atom is -0.368 e. The van der Waals surface area contributed by atoms with Crippen LogP contribution in [0.15, 0.2) is 0 Å². The Kier molecular flexibility index (Phi) is 3.42. The van der Waals surface area contributed by atoms with Crippen LogP contribution in [0.1, 0.15) is 12.8 Å². The molecule has 3 atom stereocenters. The van der Waals surface area contributed by atoms with Gasteiger partial charge in [-0.3, -0.25) is 4.79 Å². The summed E-state index contributed by atoms with van der Waals surface area (Å²) in [4.78, 5) is 11.7. The molecule has 0 saturated carbocycles. The third kappa shape index (κ3) is 2.67. The predicted molar refractivity (Wildman–Crippen MR) is 59.2 cm³/mol.